The van der Waals surface area contributed by atoms with Crippen LogP contribution in [0.15, 0.2) is 72.3 Å². The fourth-order valence-corrected chi connectivity index (χ4v) is 3.38. The van der Waals surface area contributed by atoms with Crippen LogP contribution in [-0.2, 0) is 0 Å². The minimum Gasteiger partial charge on any atom is -0.508 e. The molecule has 1 N–H and O–H groups in total. The number of nitriles is 2. The molecule has 0 unspecified atom stereocenters. The average molecular weight is 348 g/mol. The first kappa shape index (κ1) is 16.3. The molecule has 27 heavy (non-hydrogen) atoms. The number of nitrogens with zero attached hydrogens (tertiary/aromatic N) is 2. The van der Waals surface area contributed by atoms with Gasteiger partial charge in [0.05, 0.1) is 5.57 Å². The largest absolute Gasteiger partial charge is 0.508 e. The Kier molecular flexibility index (Phi) is 3.81. The number of allylic oxidation sites excluding steroid dienone is 2. The molecule has 0 fully saturated rings. The fraction of sp³-hybridized carbons (Fsp3) is 0. The Morgan fingerprint density at radius 2 is 1.37 bits per heavy atom. The van der Waals surface area contributed by atoms with E-state index in [1.54, 1.807) is 30.3 Å². The van der Waals surface area contributed by atoms with E-state index in [2.05, 4.69) is 0 Å². The number of fused-ring (bicyclic) bond motifs is 3. The number of hydrogen-bond donors (Lipinski definition) is 1. The van der Waals surface area contributed by atoms with E-state index >= 15 is 0 Å². The maximum absolute atomic E-state index is 13.0. The number of Topliss-reactive ketones (excluding diaryl/α,β-unsaturated/α-hetero) is 1. The van der Waals surface area contributed by atoms with E-state index in [-0.39, 0.29) is 22.7 Å². The smallest absolute Gasteiger partial charge is 0.196 e. The zero-order valence-electron chi connectivity index (χ0n) is 14.1. The number of hydrogen-bond acceptors (Lipinski definition) is 4. The molecule has 0 aliphatic heterocycles. The highest BCUT2D eigenvalue weighted by Gasteiger charge is 2.30. The molecule has 0 atom stereocenters. The summed E-state index contributed by atoms with van der Waals surface area (Å²) in [5.41, 5.74) is 4.43. The van der Waals surface area contributed by atoms with Gasteiger partial charge in [0.1, 0.15) is 23.5 Å². The second kappa shape index (κ2) is 6.29. The lowest BCUT2D eigenvalue weighted by Crippen LogP contribution is -2.13. The molecule has 0 aromatic heterocycles. The summed E-state index contributed by atoms with van der Waals surface area (Å²) in [5.74, 6) is -0.133. The Balaban J connectivity index is 1.98. The predicted molar refractivity (Wildman–Crippen MR) is 101 cm³/mol. The van der Waals surface area contributed by atoms with Crippen molar-refractivity contribution in [3.8, 4) is 40.1 Å². The van der Waals surface area contributed by atoms with Crippen LogP contribution in [0.2, 0.25) is 0 Å². The SMILES string of the molecule is N#CC(C#N)=C1C(=O)c2ccc(-c3ccc(O)cc3)cc2-c2ccccc21. The van der Waals surface area contributed by atoms with Gasteiger partial charge in [-0.3, -0.25) is 4.79 Å². The van der Waals surface area contributed by atoms with Crippen LogP contribution in [0.3, 0.4) is 0 Å². The topological polar surface area (TPSA) is 84.9 Å². The van der Waals surface area contributed by atoms with Gasteiger partial charge in [-0.15, -0.1) is 0 Å². The molecule has 4 rings (SSSR count). The van der Waals surface area contributed by atoms with Gasteiger partial charge < -0.3 is 5.11 Å². The van der Waals surface area contributed by atoms with Gasteiger partial charge in [-0.2, -0.15) is 10.5 Å². The van der Waals surface area contributed by atoms with Crippen LogP contribution in [-0.4, -0.2) is 10.9 Å². The summed E-state index contributed by atoms with van der Waals surface area (Å²) in [6.45, 7) is 0. The number of carbonyl (C=O) groups is 1. The summed E-state index contributed by atoms with van der Waals surface area (Å²) >= 11 is 0. The number of carbonyl (C=O) groups excluding carboxylic acids is 1. The first-order chi connectivity index (χ1) is 13.1. The lowest BCUT2D eigenvalue weighted by atomic mass is 9.79. The quantitative estimate of drug-likeness (QED) is 0.509. The number of phenols is 1. The normalized spacial score (nSPS) is 11.8. The van der Waals surface area contributed by atoms with E-state index < -0.39 is 0 Å². The molecule has 0 amide bonds. The molecule has 3 aromatic rings. The monoisotopic (exact) mass is 348 g/mol. The van der Waals surface area contributed by atoms with Gasteiger partial charge in [-0.05, 0) is 52.1 Å². The summed E-state index contributed by atoms with van der Waals surface area (Å²) in [4.78, 5) is 13.0. The Hall–Kier alpha value is -4.15. The molecule has 3 aromatic carbocycles. The molecule has 0 saturated heterocycles. The van der Waals surface area contributed by atoms with E-state index in [0.29, 0.717) is 11.1 Å². The zero-order chi connectivity index (χ0) is 19.0. The molecule has 0 heterocycles. The van der Waals surface area contributed by atoms with Crippen molar-refractivity contribution in [1.82, 2.24) is 0 Å². The van der Waals surface area contributed by atoms with Gasteiger partial charge in [-0.1, -0.05) is 42.5 Å². The highest BCUT2D eigenvalue weighted by Crippen LogP contribution is 2.42. The van der Waals surface area contributed by atoms with Crippen molar-refractivity contribution in [1.29, 1.82) is 10.5 Å². The molecule has 126 valence electrons. The van der Waals surface area contributed by atoms with Crippen molar-refractivity contribution < 1.29 is 9.90 Å². The molecular formula is C23H12N2O2. The minimum absolute atomic E-state index is 0.153. The number of rotatable bonds is 1. The maximum Gasteiger partial charge on any atom is 0.196 e. The molecule has 1 aliphatic carbocycles. The number of benzene rings is 3. The van der Waals surface area contributed by atoms with E-state index in [4.69, 9.17) is 0 Å². The first-order valence-corrected chi connectivity index (χ1v) is 8.26. The van der Waals surface area contributed by atoms with Gasteiger partial charge in [0.2, 0.25) is 0 Å². The zero-order valence-corrected chi connectivity index (χ0v) is 14.1. The van der Waals surface area contributed by atoms with Crippen molar-refractivity contribution in [2.24, 2.45) is 0 Å². The van der Waals surface area contributed by atoms with Crippen LogP contribution in [0.25, 0.3) is 27.8 Å². The third-order valence-corrected chi connectivity index (χ3v) is 4.65. The third-order valence-electron chi connectivity index (χ3n) is 4.65. The number of aromatic hydroxyl groups is 1. The van der Waals surface area contributed by atoms with Crippen LogP contribution in [0, 0.1) is 22.7 Å². The van der Waals surface area contributed by atoms with Crippen LogP contribution in [0.5, 0.6) is 5.75 Å². The minimum atomic E-state index is -0.320. The summed E-state index contributed by atoms with van der Waals surface area (Å²) in [7, 11) is 0. The molecule has 0 spiro atoms. The summed E-state index contributed by atoms with van der Waals surface area (Å²) < 4.78 is 0. The second-order valence-corrected chi connectivity index (χ2v) is 6.16. The van der Waals surface area contributed by atoms with Gasteiger partial charge >= 0.3 is 0 Å². The van der Waals surface area contributed by atoms with Gasteiger partial charge in [-0.25, -0.2) is 0 Å². The lowest BCUT2D eigenvalue weighted by Gasteiger charge is -2.22. The first-order valence-electron chi connectivity index (χ1n) is 8.26. The van der Waals surface area contributed by atoms with Crippen molar-refractivity contribution in [2.45, 2.75) is 0 Å². The van der Waals surface area contributed by atoms with Gasteiger partial charge in [0, 0.05) is 5.56 Å². The number of phenolic OH excluding ortho intramolecular Hbond substituents is 1. The predicted octanol–water partition coefficient (Wildman–Crippen LogP) is 4.72. The van der Waals surface area contributed by atoms with E-state index in [1.807, 2.05) is 48.5 Å². The van der Waals surface area contributed by atoms with E-state index in [1.165, 1.54) is 0 Å². The summed E-state index contributed by atoms with van der Waals surface area (Å²) in [6.07, 6.45) is 0. The Labute approximate surface area is 155 Å². The van der Waals surface area contributed by atoms with Gasteiger partial charge in [0.15, 0.2) is 5.78 Å². The average Bonchev–Trinajstić information content (AvgIpc) is 2.71. The molecular weight excluding hydrogens is 336 g/mol. The molecule has 0 saturated carbocycles. The van der Waals surface area contributed by atoms with Crippen molar-refractivity contribution in [2.75, 3.05) is 0 Å². The Morgan fingerprint density at radius 3 is 2.04 bits per heavy atom. The number of ketones is 1. The fourth-order valence-electron chi connectivity index (χ4n) is 3.38. The summed E-state index contributed by atoms with van der Waals surface area (Å²) in [5, 5.41) is 28.0. The third kappa shape index (κ3) is 2.57. The Morgan fingerprint density at radius 1 is 0.741 bits per heavy atom. The highest BCUT2D eigenvalue weighted by molar-refractivity contribution is 6.35. The van der Waals surface area contributed by atoms with E-state index in [0.717, 1.165) is 22.3 Å². The van der Waals surface area contributed by atoms with Crippen molar-refractivity contribution >= 4 is 11.4 Å². The van der Waals surface area contributed by atoms with Crippen LogP contribution >= 0.6 is 0 Å². The van der Waals surface area contributed by atoms with Crippen LogP contribution < -0.4 is 0 Å². The molecule has 4 heteroatoms. The molecule has 0 bridgehead atoms. The second-order valence-electron chi connectivity index (χ2n) is 6.16. The molecule has 4 nitrogen and oxygen atoms in total. The summed E-state index contributed by atoms with van der Waals surface area (Å²) in [6, 6.07) is 23.3. The lowest BCUT2D eigenvalue weighted by molar-refractivity contribution is 0.105. The van der Waals surface area contributed by atoms with Gasteiger partial charge in [0.25, 0.3) is 0 Å². The molecule has 0 radical (unpaired) electrons. The van der Waals surface area contributed by atoms with Crippen LogP contribution in [0.1, 0.15) is 15.9 Å². The van der Waals surface area contributed by atoms with E-state index in [9.17, 15) is 20.4 Å². The standard InChI is InChI=1S/C23H12N2O2/c24-12-16(13-25)22-19-4-2-1-3-18(19)21-11-15(7-10-20(21)23(22)27)14-5-8-17(26)9-6-14/h1-11,26H. The highest BCUT2D eigenvalue weighted by atomic mass is 16.3. The van der Waals surface area contributed by atoms with Crippen molar-refractivity contribution in [3.05, 3.63) is 83.4 Å². The molecule has 1 aliphatic rings. The van der Waals surface area contributed by atoms with Crippen LogP contribution in [0.4, 0.5) is 0 Å². The maximum atomic E-state index is 13.0. The Bertz CT molecular complexity index is 1190. The van der Waals surface area contributed by atoms with Crippen molar-refractivity contribution in [3.63, 3.8) is 0 Å².